The average molecular weight is 728 g/mol. The van der Waals surface area contributed by atoms with Crippen molar-refractivity contribution < 1.29 is 8.83 Å². The van der Waals surface area contributed by atoms with Gasteiger partial charge >= 0.3 is 0 Å². The van der Waals surface area contributed by atoms with Crippen molar-refractivity contribution in [3.8, 4) is 50.2 Å². The largest absolute Gasteiger partial charge is 0.456 e. The molecule has 3 heterocycles. The minimum Gasteiger partial charge on any atom is -0.456 e. The van der Waals surface area contributed by atoms with Gasteiger partial charge < -0.3 is 13.4 Å². The van der Waals surface area contributed by atoms with E-state index in [0.717, 1.165) is 71.8 Å². The second-order valence-electron chi connectivity index (χ2n) is 14.9. The fourth-order valence-electron chi connectivity index (χ4n) is 8.81. The third-order valence-corrected chi connectivity index (χ3v) is 11.6. The zero-order valence-corrected chi connectivity index (χ0v) is 30.8. The number of hydrogen-bond donors (Lipinski definition) is 0. The van der Waals surface area contributed by atoms with Crippen LogP contribution in [-0.4, -0.2) is 4.57 Å². The predicted octanol–water partition coefficient (Wildman–Crippen LogP) is 15.3. The Bertz CT molecular complexity index is 3510. The molecule has 0 bridgehead atoms. The maximum Gasteiger partial charge on any atom is 0.135 e. The lowest BCUT2D eigenvalue weighted by Gasteiger charge is -2.15. The van der Waals surface area contributed by atoms with Crippen molar-refractivity contribution in [2.45, 2.75) is 0 Å². The van der Waals surface area contributed by atoms with Gasteiger partial charge in [0.1, 0.15) is 22.3 Å². The van der Waals surface area contributed by atoms with Gasteiger partial charge in [0.2, 0.25) is 0 Å². The van der Waals surface area contributed by atoms with E-state index in [-0.39, 0.29) is 0 Å². The van der Waals surface area contributed by atoms with Crippen LogP contribution in [0.25, 0.3) is 116 Å². The van der Waals surface area contributed by atoms with Crippen LogP contribution in [0, 0.1) is 0 Å². The summed E-state index contributed by atoms with van der Waals surface area (Å²) in [7, 11) is 0. The van der Waals surface area contributed by atoms with E-state index in [0.29, 0.717) is 0 Å². The molecule has 9 aromatic carbocycles. The molecule has 0 fully saturated rings. The van der Waals surface area contributed by atoms with Crippen LogP contribution in [0.15, 0.2) is 209 Å². The summed E-state index contributed by atoms with van der Waals surface area (Å²) in [5.74, 6) is 0. The van der Waals surface area contributed by atoms with Crippen molar-refractivity contribution in [1.29, 1.82) is 0 Å². The van der Waals surface area contributed by atoms with Gasteiger partial charge in [-0.25, -0.2) is 0 Å². The topological polar surface area (TPSA) is 31.2 Å². The summed E-state index contributed by atoms with van der Waals surface area (Å²) in [4.78, 5) is 0. The molecule has 0 aliphatic rings. The van der Waals surface area contributed by atoms with Crippen LogP contribution in [0.2, 0.25) is 0 Å². The summed E-state index contributed by atoms with van der Waals surface area (Å²) >= 11 is 0. The van der Waals surface area contributed by atoms with Crippen LogP contribution in [-0.2, 0) is 0 Å². The van der Waals surface area contributed by atoms with E-state index >= 15 is 0 Å². The number of hydrogen-bond acceptors (Lipinski definition) is 2. The van der Waals surface area contributed by atoms with Crippen molar-refractivity contribution in [3.63, 3.8) is 0 Å². The zero-order chi connectivity index (χ0) is 37.5. The minimum atomic E-state index is 0.878. The summed E-state index contributed by atoms with van der Waals surface area (Å²) < 4.78 is 15.1. The van der Waals surface area contributed by atoms with Gasteiger partial charge in [0.05, 0.1) is 11.0 Å². The molecule has 0 N–H and O–H groups in total. The Kier molecular flexibility index (Phi) is 6.93. The monoisotopic (exact) mass is 727 g/mol. The molecular weight excluding hydrogens is 695 g/mol. The first-order valence-electron chi connectivity index (χ1n) is 19.4. The smallest absolute Gasteiger partial charge is 0.135 e. The lowest BCUT2D eigenvalue weighted by atomic mass is 9.95. The Morgan fingerprint density at radius 1 is 0.246 bits per heavy atom. The number of para-hydroxylation sites is 2. The number of fused-ring (bicyclic) bond motifs is 9. The van der Waals surface area contributed by atoms with E-state index in [1.807, 2.05) is 12.1 Å². The van der Waals surface area contributed by atoms with Crippen LogP contribution < -0.4 is 0 Å². The quantitative estimate of drug-likeness (QED) is 0.177. The van der Waals surface area contributed by atoms with E-state index in [2.05, 4.69) is 193 Å². The second-order valence-corrected chi connectivity index (χ2v) is 14.9. The fraction of sp³-hybridized carbons (Fsp3) is 0. The molecule has 57 heavy (non-hydrogen) atoms. The van der Waals surface area contributed by atoms with Gasteiger partial charge in [0, 0.05) is 38.0 Å². The van der Waals surface area contributed by atoms with E-state index in [1.165, 1.54) is 44.1 Å². The van der Waals surface area contributed by atoms with Crippen molar-refractivity contribution in [3.05, 3.63) is 200 Å². The predicted molar refractivity (Wildman–Crippen MR) is 237 cm³/mol. The standard InChI is InChI=1S/C54H33NO2/c1-3-11-34(12-4-1)36-20-24-53-47(30-36)48-32-38(22-26-54(48)57-53)41-27-40(37-21-25-52-46(31-37)45-16-8-10-18-51(45)56-52)28-42(29-41)55-49-17-9-7-15-43(49)44-23-19-39(33-50(44)55)35-13-5-2-6-14-35/h1-33H. The molecule has 0 aliphatic heterocycles. The molecule has 0 amide bonds. The maximum atomic E-state index is 6.41. The Morgan fingerprint density at radius 3 is 1.30 bits per heavy atom. The first kappa shape index (κ1) is 31.7. The first-order chi connectivity index (χ1) is 28.2. The lowest BCUT2D eigenvalue weighted by Crippen LogP contribution is -1.96. The van der Waals surface area contributed by atoms with Gasteiger partial charge in [-0.3, -0.25) is 0 Å². The highest BCUT2D eigenvalue weighted by Gasteiger charge is 2.18. The van der Waals surface area contributed by atoms with Gasteiger partial charge in [-0.1, -0.05) is 127 Å². The van der Waals surface area contributed by atoms with Crippen LogP contribution >= 0.6 is 0 Å². The Balaban J connectivity index is 1.11. The summed E-state index contributed by atoms with van der Waals surface area (Å²) in [6, 6.07) is 71.8. The van der Waals surface area contributed by atoms with Crippen LogP contribution in [0.5, 0.6) is 0 Å². The second kappa shape index (κ2) is 12.5. The van der Waals surface area contributed by atoms with Crippen LogP contribution in [0.1, 0.15) is 0 Å². The van der Waals surface area contributed by atoms with Gasteiger partial charge in [-0.05, 0) is 117 Å². The molecule has 0 spiro atoms. The fourth-order valence-corrected chi connectivity index (χ4v) is 8.81. The molecule has 266 valence electrons. The number of rotatable bonds is 5. The molecule has 0 saturated carbocycles. The van der Waals surface area contributed by atoms with E-state index in [1.54, 1.807) is 0 Å². The first-order valence-corrected chi connectivity index (χ1v) is 19.4. The molecule has 0 saturated heterocycles. The number of benzene rings is 9. The molecule has 0 atom stereocenters. The maximum absolute atomic E-state index is 6.41. The molecule has 0 unspecified atom stereocenters. The molecule has 12 aromatic rings. The summed E-state index contributed by atoms with van der Waals surface area (Å²) in [6.45, 7) is 0. The zero-order valence-electron chi connectivity index (χ0n) is 30.8. The van der Waals surface area contributed by atoms with E-state index < -0.39 is 0 Å². The van der Waals surface area contributed by atoms with Gasteiger partial charge in [0.15, 0.2) is 0 Å². The Labute approximate surface area is 328 Å². The molecular formula is C54H33NO2. The molecule has 3 heteroatoms. The summed E-state index contributed by atoms with van der Waals surface area (Å²) in [5.41, 5.74) is 16.2. The SMILES string of the molecule is c1ccc(-c2ccc3oc4ccc(-c5cc(-c6ccc7oc8ccccc8c7c6)cc(-n6c7ccccc7c7ccc(-c8ccccc8)cc76)c5)cc4c3c2)cc1. The highest BCUT2D eigenvalue weighted by molar-refractivity contribution is 6.11. The van der Waals surface area contributed by atoms with Crippen molar-refractivity contribution in [2.75, 3.05) is 0 Å². The van der Waals surface area contributed by atoms with E-state index in [9.17, 15) is 0 Å². The number of aromatic nitrogens is 1. The highest BCUT2D eigenvalue weighted by atomic mass is 16.3. The molecule has 12 rings (SSSR count). The third kappa shape index (κ3) is 5.13. The van der Waals surface area contributed by atoms with Gasteiger partial charge in [-0.2, -0.15) is 0 Å². The van der Waals surface area contributed by atoms with Gasteiger partial charge in [0.25, 0.3) is 0 Å². The summed E-state index contributed by atoms with van der Waals surface area (Å²) in [5, 5.41) is 6.89. The van der Waals surface area contributed by atoms with Crippen molar-refractivity contribution in [1.82, 2.24) is 4.57 Å². The molecule has 0 radical (unpaired) electrons. The molecule has 3 aromatic heterocycles. The van der Waals surface area contributed by atoms with Crippen molar-refractivity contribution in [2.24, 2.45) is 0 Å². The Hall–Kier alpha value is -7.62. The third-order valence-electron chi connectivity index (χ3n) is 11.6. The van der Waals surface area contributed by atoms with E-state index in [4.69, 9.17) is 8.83 Å². The van der Waals surface area contributed by atoms with Crippen LogP contribution in [0.3, 0.4) is 0 Å². The molecule has 0 aliphatic carbocycles. The number of nitrogens with zero attached hydrogens (tertiary/aromatic N) is 1. The van der Waals surface area contributed by atoms with Crippen LogP contribution in [0.4, 0.5) is 0 Å². The average Bonchev–Trinajstić information content (AvgIpc) is 3.95. The molecule has 3 nitrogen and oxygen atoms in total. The highest BCUT2D eigenvalue weighted by Crippen LogP contribution is 2.41. The number of furan rings is 2. The normalized spacial score (nSPS) is 11.9. The van der Waals surface area contributed by atoms with Crippen molar-refractivity contribution >= 4 is 65.7 Å². The Morgan fingerprint density at radius 2 is 0.684 bits per heavy atom. The minimum absolute atomic E-state index is 0.878. The van der Waals surface area contributed by atoms with Gasteiger partial charge in [-0.15, -0.1) is 0 Å². The lowest BCUT2D eigenvalue weighted by molar-refractivity contribution is 0.668. The summed E-state index contributed by atoms with van der Waals surface area (Å²) in [6.07, 6.45) is 0.